The molecule has 2 heterocycles. The van der Waals surface area contributed by atoms with Crippen molar-refractivity contribution in [3.05, 3.63) is 16.1 Å². The fourth-order valence-electron chi connectivity index (χ4n) is 3.31. The Morgan fingerprint density at radius 1 is 1.38 bits per heavy atom. The maximum atomic E-state index is 4.71. The Hall–Kier alpha value is -0.410. The number of piperidine rings is 1. The summed E-state index contributed by atoms with van der Waals surface area (Å²) in [7, 11) is 0. The number of nitrogens with zero attached hydrogens (tertiary/aromatic N) is 3. The predicted octanol–water partition coefficient (Wildman–Crippen LogP) is 3.75. The van der Waals surface area contributed by atoms with Gasteiger partial charge in [0, 0.05) is 37.3 Å². The van der Waals surface area contributed by atoms with Gasteiger partial charge in [-0.05, 0) is 44.6 Å². The maximum Gasteiger partial charge on any atom is 0.191 e. The molecule has 0 spiro atoms. The third-order valence-electron chi connectivity index (χ3n) is 4.45. The molecular formula is C19H36IN5S. The molecule has 1 atom stereocenters. The molecule has 0 aliphatic carbocycles. The van der Waals surface area contributed by atoms with Crippen LogP contribution in [0, 0.1) is 11.8 Å². The zero-order valence-electron chi connectivity index (χ0n) is 16.8. The van der Waals surface area contributed by atoms with Gasteiger partial charge in [0.25, 0.3) is 0 Å². The lowest BCUT2D eigenvalue weighted by Crippen LogP contribution is -2.45. The smallest absolute Gasteiger partial charge is 0.191 e. The minimum atomic E-state index is 0. The molecule has 150 valence electrons. The van der Waals surface area contributed by atoms with Crippen molar-refractivity contribution in [3.8, 4) is 0 Å². The lowest BCUT2D eigenvalue weighted by molar-refractivity contribution is 0.159. The van der Waals surface area contributed by atoms with E-state index in [0.29, 0.717) is 12.5 Å². The van der Waals surface area contributed by atoms with Crippen molar-refractivity contribution >= 4 is 41.3 Å². The van der Waals surface area contributed by atoms with Crippen molar-refractivity contribution in [2.24, 2.45) is 16.8 Å². The minimum absolute atomic E-state index is 0. The van der Waals surface area contributed by atoms with Gasteiger partial charge in [-0.25, -0.2) is 9.98 Å². The molecule has 2 rings (SSSR count). The van der Waals surface area contributed by atoms with Crippen LogP contribution < -0.4 is 10.6 Å². The fraction of sp³-hybridized carbons (Fsp3) is 0.789. The van der Waals surface area contributed by atoms with Gasteiger partial charge in [0.2, 0.25) is 0 Å². The second-order valence-corrected chi connectivity index (χ2v) is 8.51. The molecule has 26 heavy (non-hydrogen) atoms. The summed E-state index contributed by atoms with van der Waals surface area (Å²) < 4.78 is 0. The average molecular weight is 494 g/mol. The number of hydrogen-bond donors (Lipinski definition) is 2. The van der Waals surface area contributed by atoms with Crippen LogP contribution in [0.1, 0.15) is 50.4 Å². The van der Waals surface area contributed by atoms with E-state index in [2.05, 4.69) is 48.2 Å². The Kier molecular flexibility index (Phi) is 11.7. The number of nitrogens with one attached hydrogen (secondary N) is 2. The van der Waals surface area contributed by atoms with Crippen LogP contribution in [0.25, 0.3) is 0 Å². The van der Waals surface area contributed by atoms with E-state index in [9.17, 15) is 0 Å². The molecule has 1 saturated heterocycles. The lowest BCUT2D eigenvalue weighted by Gasteiger charge is -2.34. The highest BCUT2D eigenvalue weighted by Gasteiger charge is 2.20. The van der Waals surface area contributed by atoms with Gasteiger partial charge in [-0.1, -0.05) is 20.8 Å². The van der Waals surface area contributed by atoms with Gasteiger partial charge < -0.3 is 15.5 Å². The summed E-state index contributed by atoms with van der Waals surface area (Å²) in [6.45, 7) is 15.1. The van der Waals surface area contributed by atoms with E-state index in [4.69, 9.17) is 4.99 Å². The van der Waals surface area contributed by atoms with Gasteiger partial charge >= 0.3 is 0 Å². The van der Waals surface area contributed by atoms with Crippen molar-refractivity contribution in [1.29, 1.82) is 0 Å². The average Bonchev–Trinajstić information content (AvgIpc) is 3.05. The maximum absolute atomic E-state index is 4.71. The Labute approximate surface area is 180 Å². The molecule has 2 N–H and O–H groups in total. The van der Waals surface area contributed by atoms with E-state index in [1.165, 1.54) is 37.4 Å². The first-order valence-electron chi connectivity index (χ1n) is 9.78. The van der Waals surface area contributed by atoms with Gasteiger partial charge in [0.15, 0.2) is 5.96 Å². The van der Waals surface area contributed by atoms with Gasteiger partial charge in [-0.3, -0.25) is 0 Å². The molecule has 7 heteroatoms. The highest BCUT2D eigenvalue weighted by atomic mass is 127. The van der Waals surface area contributed by atoms with Gasteiger partial charge in [-0.15, -0.1) is 35.3 Å². The first-order chi connectivity index (χ1) is 12.1. The summed E-state index contributed by atoms with van der Waals surface area (Å²) in [4.78, 5) is 13.1. The van der Waals surface area contributed by atoms with Crippen LogP contribution in [0.2, 0.25) is 0 Å². The van der Waals surface area contributed by atoms with Crippen LogP contribution in [-0.2, 0) is 13.0 Å². The quantitative estimate of drug-likeness (QED) is 0.329. The molecular weight excluding hydrogens is 457 g/mol. The molecule has 0 aromatic carbocycles. The number of thiazole rings is 1. The third-order valence-corrected chi connectivity index (χ3v) is 5.58. The monoisotopic (exact) mass is 493 g/mol. The van der Waals surface area contributed by atoms with Crippen LogP contribution in [-0.4, -0.2) is 48.6 Å². The Morgan fingerprint density at radius 3 is 2.85 bits per heavy atom. The summed E-state index contributed by atoms with van der Waals surface area (Å²) in [5, 5.41) is 8.00. The van der Waals surface area contributed by atoms with E-state index in [-0.39, 0.29) is 24.0 Å². The Morgan fingerprint density at radius 2 is 2.19 bits per heavy atom. The van der Waals surface area contributed by atoms with E-state index in [1.807, 2.05) is 6.20 Å². The van der Waals surface area contributed by atoms with Crippen LogP contribution >= 0.6 is 35.3 Å². The number of likely N-dealkylation sites (tertiary alicyclic amines) is 1. The molecule has 1 fully saturated rings. The van der Waals surface area contributed by atoms with Crippen LogP contribution in [0.3, 0.4) is 0 Å². The van der Waals surface area contributed by atoms with E-state index in [1.54, 1.807) is 11.3 Å². The molecule has 0 radical (unpaired) electrons. The summed E-state index contributed by atoms with van der Waals surface area (Å²) in [6.07, 6.45) is 5.65. The molecule has 1 aliphatic heterocycles. The van der Waals surface area contributed by atoms with E-state index >= 15 is 0 Å². The topological polar surface area (TPSA) is 52.6 Å². The standard InChI is InChI=1S/C19H35N5S.HI/c1-5-17-11-21-18(25-17)12-23-19(20-6-2)22-10-16-8-7-9-24(14-16)13-15(3)4;/h11,15-16H,5-10,12-14H2,1-4H3,(H2,20,22,23);1H. The third kappa shape index (κ3) is 8.52. The summed E-state index contributed by atoms with van der Waals surface area (Å²) in [5.41, 5.74) is 0. The zero-order chi connectivity index (χ0) is 18.1. The van der Waals surface area contributed by atoms with Crippen molar-refractivity contribution in [2.75, 3.05) is 32.7 Å². The number of hydrogen-bond acceptors (Lipinski definition) is 4. The number of guanidine groups is 1. The fourth-order valence-corrected chi connectivity index (χ4v) is 4.10. The molecule has 1 aromatic heterocycles. The van der Waals surface area contributed by atoms with E-state index < -0.39 is 0 Å². The number of aliphatic imine (C=N–C) groups is 1. The largest absolute Gasteiger partial charge is 0.357 e. The normalized spacial score (nSPS) is 18.7. The molecule has 1 aromatic rings. The van der Waals surface area contributed by atoms with Crippen molar-refractivity contribution in [3.63, 3.8) is 0 Å². The molecule has 0 bridgehead atoms. The molecule has 1 aliphatic rings. The second kappa shape index (κ2) is 12.9. The van der Waals surface area contributed by atoms with Gasteiger partial charge in [0.05, 0.1) is 6.54 Å². The number of halogens is 1. The van der Waals surface area contributed by atoms with Crippen LogP contribution in [0.4, 0.5) is 0 Å². The van der Waals surface area contributed by atoms with Crippen molar-refractivity contribution in [2.45, 2.75) is 53.5 Å². The van der Waals surface area contributed by atoms with Gasteiger partial charge in [-0.2, -0.15) is 0 Å². The molecule has 0 amide bonds. The molecule has 5 nitrogen and oxygen atoms in total. The Bertz CT molecular complexity index is 532. The molecule has 1 unspecified atom stereocenters. The minimum Gasteiger partial charge on any atom is -0.357 e. The predicted molar refractivity (Wildman–Crippen MR) is 124 cm³/mol. The summed E-state index contributed by atoms with van der Waals surface area (Å²) in [6, 6.07) is 0. The highest BCUT2D eigenvalue weighted by molar-refractivity contribution is 14.0. The van der Waals surface area contributed by atoms with Crippen LogP contribution in [0.15, 0.2) is 11.2 Å². The number of aromatic nitrogens is 1. The number of aryl methyl sites for hydroxylation is 1. The van der Waals surface area contributed by atoms with Crippen molar-refractivity contribution in [1.82, 2.24) is 20.5 Å². The highest BCUT2D eigenvalue weighted by Crippen LogP contribution is 2.17. The van der Waals surface area contributed by atoms with Crippen molar-refractivity contribution < 1.29 is 0 Å². The zero-order valence-corrected chi connectivity index (χ0v) is 19.9. The molecule has 0 saturated carbocycles. The first-order valence-corrected chi connectivity index (χ1v) is 10.6. The Balaban J connectivity index is 0.00000338. The first kappa shape index (κ1) is 23.6. The number of rotatable bonds is 8. The van der Waals surface area contributed by atoms with E-state index in [0.717, 1.165) is 36.4 Å². The summed E-state index contributed by atoms with van der Waals surface area (Å²) >= 11 is 1.76. The second-order valence-electron chi connectivity index (χ2n) is 7.31. The summed E-state index contributed by atoms with van der Waals surface area (Å²) in [5.74, 6) is 2.37. The lowest BCUT2D eigenvalue weighted by atomic mass is 9.97. The van der Waals surface area contributed by atoms with Gasteiger partial charge in [0.1, 0.15) is 5.01 Å². The van der Waals surface area contributed by atoms with Crippen LogP contribution in [0.5, 0.6) is 0 Å². The SMILES string of the molecule is CCNC(=NCc1ncc(CC)s1)NCC1CCCN(CC(C)C)C1.I.